The van der Waals surface area contributed by atoms with Gasteiger partial charge in [0.1, 0.15) is 0 Å². The molecule has 2 aliphatic rings. The number of pyridine rings is 1. The van der Waals surface area contributed by atoms with Crippen LogP contribution in [0, 0.1) is 5.41 Å². The van der Waals surface area contributed by atoms with Gasteiger partial charge in [-0.1, -0.05) is 42.5 Å². The van der Waals surface area contributed by atoms with E-state index in [1.165, 1.54) is 10.6 Å². The molecule has 4 rings (SSSR count). The SMILES string of the molecule is [2H]C([2H])([2H])C([2H])([2H])n1c2cc(=N)ccc-2c2ccc(N)cc2c1-c1ccccc1. The zero-order chi connectivity index (χ0) is 21.0. The molecule has 2 aromatic carbocycles. The molecule has 1 heterocycles. The molecule has 0 amide bonds. The van der Waals surface area contributed by atoms with Gasteiger partial charge in [0.2, 0.25) is 0 Å². The smallest absolute Gasteiger partial charge is 0.0565 e. The number of benzene rings is 3. The van der Waals surface area contributed by atoms with Crippen molar-refractivity contribution in [2.75, 3.05) is 5.73 Å². The van der Waals surface area contributed by atoms with Gasteiger partial charge >= 0.3 is 0 Å². The zero-order valence-electron chi connectivity index (χ0n) is 17.9. The van der Waals surface area contributed by atoms with E-state index < -0.39 is 13.3 Å². The van der Waals surface area contributed by atoms with Gasteiger partial charge in [0.05, 0.1) is 16.7 Å². The minimum Gasteiger partial charge on any atom is -0.399 e. The standard InChI is InChI=1S/C21H19N3/c1-2-24-20-13-16(23)9-11-18(20)17-10-8-15(22)12-19(17)21(24)14-6-4-3-5-7-14/h3-13,23H,2,22H2,1H3/i1D3,2D2. The molecule has 0 atom stereocenters. The number of nitrogens with two attached hydrogens (primary N) is 1. The molecule has 24 heavy (non-hydrogen) atoms. The van der Waals surface area contributed by atoms with Gasteiger partial charge in [-0.25, -0.2) is 0 Å². The number of hydrogen-bond acceptors (Lipinski definition) is 2. The quantitative estimate of drug-likeness (QED) is 0.415. The fourth-order valence-electron chi connectivity index (χ4n) is 3.17. The predicted octanol–water partition coefficient (Wildman–Crippen LogP) is 4.49. The molecule has 2 aromatic rings. The molecule has 3 nitrogen and oxygen atoms in total. The first-order valence-corrected chi connectivity index (χ1v) is 7.60. The van der Waals surface area contributed by atoms with Crippen molar-refractivity contribution in [1.29, 1.82) is 5.41 Å². The molecule has 0 bridgehead atoms. The summed E-state index contributed by atoms with van der Waals surface area (Å²) in [4.78, 5) is 0. The maximum absolute atomic E-state index is 8.56. The summed E-state index contributed by atoms with van der Waals surface area (Å²) >= 11 is 0. The zero-order valence-corrected chi connectivity index (χ0v) is 12.9. The van der Waals surface area contributed by atoms with E-state index in [9.17, 15) is 0 Å². The summed E-state index contributed by atoms with van der Waals surface area (Å²) in [5, 5.41) is 9.68. The Morgan fingerprint density at radius 1 is 1.04 bits per heavy atom. The number of rotatable bonds is 2. The van der Waals surface area contributed by atoms with Gasteiger partial charge in [0.15, 0.2) is 0 Å². The Kier molecular flexibility index (Phi) is 2.29. The van der Waals surface area contributed by atoms with Crippen LogP contribution in [0.1, 0.15) is 13.7 Å². The molecule has 0 saturated heterocycles. The highest BCUT2D eigenvalue weighted by molar-refractivity contribution is 6.05. The van der Waals surface area contributed by atoms with Crippen LogP contribution in [0.3, 0.4) is 0 Å². The fraction of sp³-hybridized carbons (Fsp3) is 0.0952. The molecular weight excluding hydrogens is 294 g/mol. The van der Waals surface area contributed by atoms with Crippen LogP contribution >= 0.6 is 0 Å². The minimum absolute atomic E-state index is 0.168. The minimum atomic E-state index is -2.93. The van der Waals surface area contributed by atoms with E-state index in [1.807, 2.05) is 24.3 Å². The fourth-order valence-corrected chi connectivity index (χ4v) is 3.17. The molecule has 0 saturated carbocycles. The molecule has 1 aliphatic heterocycles. The van der Waals surface area contributed by atoms with Crippen molar-refractivity contribution >= 4 is 16.5 Å². The summed E-state index contributed by atoms with van der Waals surface area (Å²) in [5.41, 5.74) is 8.60. The highest BCUT2D eigenvalue weighted by atomic mass is 15.0. The molecule has 0 spiro atoms. The molecule has 0 unspecified atom stereocenters. The van der Waals surface area contributed by atoms with Crippen LogP contribution in [0.25, 0.3) is 33.3 Å². The average molecular weight is 318 g/mol. The summed E-state index contributed by atoms with van der Waals surface area (Å²) in [6.07, 6.45) is 0. The molecule has 0 fully saturated rings. The first-order chi connectivity index (χ1) is 13.6. The topological polar surface area (TPSA) is 54.8 Å². The number of nitrogen functional groups attached to an aromatic ring is 1. The van der Waals surface area contributed by atoms with E-state index in [0.717, 1.165) is 5.39 Å². The van der Waals surface area contributed by atoms with E-state index in [-0.39, 0.29) is 5.36 Å². The summed E-state index contributed by atoms with van der Waals surface area (Å²) in [6.45, 7) is -5.65. The van der Waals surface area contributed by atoms with Gasteiger partial charge in [0.25, 0.3) is 0 Å². The summed E-state index contributed by atoms with van der Waals surface area (Å²) in [7, 11) is 0. The Hall–Kier alpha value is -3.07. The Morgan fingerprint density at radius 3 is 2.67 bits per heavy atom. The van der Waals surface area contributed by atoms with Crippen molar-refractivity contribution in [3.8, 4) is 22.5 Å². The van der Waals surface area contributed by atoms with Crippen molar-refractivity contribution in [2.45, 2.75) is 13.3 Å². The molecule has 0 aromatic heterocycles. The second-order valence-corrected chi connectivity index (χ2v) is 5.70. The lowest BCUT2D eigenvalue weighted by Crippen LogP contribution is -2.11. The lowest BCUT2D eigenvalue weighted by Gasteiger charge is -2.23. The Labute approximate surface area is 147 Å². The third-order valence-corrected chi connectivity index (χ3v) is 4.21. The monoisotopic (exact) mass is 318 g/mol. The summed E-state index contributed by atoms with van der Waals surface area (Å²) < 4.78 is 42.0. The maximum atomic E-state index is 8.56. The van der Waals surface area contributed by atoms with E-state index in [2.05, 4.69) is 0 Å². The molecular formula is C21H19N3. The lowest BCUT2D eigenvalue weighted by atomic mass is 9.95. The van der Waals surface area contributed by atoms with Crippen LogP contribution in [-0.2, 0) is 6.50 Å². The van der Waals surface area contributed by atoms with Gasteiger partial charge in [0, 0.05) is 30.0 Å². The third kappa shape index (κ3) is 2.17. The van der Waals surface area contributed by atoms with E-state index in [0.29, 0.717) is 33.6 Å². The highest BCUT2D eigenvalue weighted by Gasteiger charge is 2.17. The average Bonchev–Trinajstić information content (AvgIpc) is 2.66. The predicted molar refractivity (Wildman–Crippen MR) is 99.9 cm³/mol. The maximum Gasteiger partial charge on any atom is 0.0565 e. The van der Waals surface area contributed by atoms with Crippen LogP contribution in [0.15, 0.2) is 66.7 Å². The van der Waals surface area contributed by atoms with Crippen molar-refractivity contribution in [1.82, 2.24) is 4.57 Å². The number of nitrogens with one attached hydrogen (secondary N) is 1. The molecule has 3 N–H and O–H groups in total. The molecule has 118 valence electrons. The van der Waals surface area contributed by atoms with Crippen LogP contribution in [0.5, 0.6) is 0 Å². The second kappa shape index (κ2) is 5.53. The normalized spacial score (nSPS) is 15.4. The number of anilines is 1. The molecule has 1 aliphatic carbocycles. The first kappa shape index (κ1) is 9.93. The highest BCUT2D eigenvalue weighted by Crippen LogP contribution is 2.38. The Morgan fingerprint density at radius 2 is 1.88 bits per heavy atom. The first-order valence-electron chi connectivity index (χ1n) is 10.1. The van der Waals surface area contributed by atoms with Gasteiger partial charge in [-0.3, -0.25) is 0 Å². The van der Waals surface area contributed by atoms with Crippen LogP contribution < -0.4 is 11.1 Å². The summed E-state index contributed by atoms with van der Waals surface area (Å²) in [6, 6.07) is 19.2. The van der Waals surface area contributed by atoms with Crippen LogP contribution in [-0.4, -0.2) is 4.57 Å². The van der Waals surface area contributed by atoms with Crippen molar-refractivity contribution in [3.63, 3.8) is 0 Å². The van der Waals surface area contributed by atoms with Gasteiger partial charge in [-0.05, 0) is 42.1 Å². The van der Waals surface area contributed by atoms with Gasteiger partial charge in [-0.15, -0.1) is 0 Å². The van der Waals surface area contributed by atoms with Crippen molar-refractivity contribution in [2.24, 2.45) is 0 Å². The lowest BCUT2D eigenvalue weighted by molar-refractivity contribution is 0.776. The largest absolute Gasteiger partial charge is 0.399 e. The summed E-state index contributed by atoms with van der Waals surface area (Å²) in [5.74, 6) is 0. The molecule has 0 radical (unpaired) electrons. The van der Waals surface area contributed by atoms with Gasteiger partial charge < -0.3 is 15.7 Å². The van der Waals surface area contributed by atoms with Gasteiger partial charge in [-0.2, -0.15) is 0 Å². The number of fused-ring (bicyclic) bond motifs is 3. The van der Waals surface area contributed by atoms with Crippen LogP contribution in [0.4, 0.5) is 5.69 Å². The van der Waals surface area contributed by atoms with Crippen molar-refractivity contribution in [3.05, 3.63) is 72.1 Å². The van der Waals surface area contributed by atoms with E-state index in [1.54, 1.807) is 36.4 Å². The number of aromatic nitrogens is 1. The second-order valence-electron chi connectivity index (χ2n) is 5.70. The van der Waals surface area contributed by atoms with E-state index in [4.69, 9.17) is 18.0 Å². The third-order valence-electron chi connectivity index (χ3n) is 4.21. The Bertz CT molecular complexity index is 1240. The van der Waals surface area contributed by atoms with E-state index >= 15 is 0 Å². The Balaban J connectivity index is 2.33. The molecule has 3 heteroatoms. The van der Waals surface area contributed by atoms with Crippen LogP contribution in [0.2, 0.25) is 0 Å². The number of hydrogen-bond donors (Lipinski definition) is 2. The number of nitrogens with zero attached hydrogens (tertiary/aromatic N) is 1. The van der Waals surface area contributed by atoms with Crippen molar-refractivity contribution < 1.29 is 6.85 Å².